The Morgan fingerprint density at radius 1 is 1.58 bits per heavy atom. The maximum Gasteiger partial charge on any atom is 0.327 e. The van der Waals surface area contributed by atoms with Crippen molar-refractivity contribution in [2.75, 3.05) is 27.3 Å². The average molecular weight is 272 g/mol. The smallest absolute Gasteiger partial charge is 0.327 e. The molecule has 5 heteroatoms. The first kappa shape index (κ1) is 16.4. The summed E-state index contributed by atoms with van der Waals surface area (Å²) in [6.07, 6.45) is 1.22. The number of esters is 1. The third-order valence-corrected chi connectivity index (χ3v) is 3.71. The van der Waals surface area contributed by atoms with E-state index in [1.165, 1.54) is 7.11 Å². The lowest BCUT2D eigenvalue weighted by molar-refractivity contribution is -0.149. The van der Waals surface area contributed by atoms with Crippen LogP contribution in [0.3, 0.4) is 0 Å². The molecule has 1 fully saturated rings. The van der Waals surface area contributed by atoms with E-state index in [2.05, 4.69) is 17.1 Å². The SMILES string of the molecule is COC(=O)C(C)(CN(C)C1CCOC1C)NC(C)C. The predicted molar refractivity (Wildman–Crippen MR) is 75.1 cm³/mol. The lowest BCUT2D eigenvalue weighted by Gasteiger charge is -2.37. The highest BCUT2D eigenvalue weighted by Gasteiger charge is 2.39. The van der Waals surface area contributed by atoms with Crippen LogP contribution in [-0.2, 0) is 14.3 Å². The minimum atomic E-state index is -0.694. The van der Waals surface area contributed by atoms with E-state index < -0.39 is 5.54 Å². The molecule has 3 unspecified atom stereocenters. The number of ether oxygens (including phenoxy) is 2. The summed E-state index contributed by atoms with van der Waals surface area (Å²) in [7, 11) is 3.48. The highest BCUT2D eigenvalue weighted by atomic mass is 16.5. The van der Waals surface area contributed by atoms with Gasteiger partial charge in [0.1, 0.15) is 5.54 Å². The Bertz CT molecular complexity index is 309. The molecule has 0 spiro atoms. The molecular formula is C14H28N2O3. The molecule has 0 aliphatic carbocycles. The molecule has 19 heavy (non-hydrogen) atoms. The molecule has 0 bridgehead atoms. The van der Waals surface area contributed by atoms with Gasteiger partial charge in [-0.1, -0.05) is 0 Å². The third-order valence-electron chi connectivity index (χ3n) is 3.71. The fourth-order valence-corrected chi connectivity index (χ4v) is 2.95. The molecule has 0 aromatic rings. The van der Waals surface area contributed by atoms with Crippen molar-refractivity contribution in [2.45, 2.75) is 57.8 Å². The van der Waals surface area contributed by atoms with Crippen molar-refractivity contribution in [3.8, 4) is 0 Å². The van der Waals surface area contributed by atoms with Crippen LogP contribution in [0.2, 0.25) is 0 Å². The first-order valence-corrected chi connectivity index (χ1v) is 6.98. The second-order valence-electron chi connectivity index (χ2n) is 5.97. The largest absolute Gasteiger partial charge is 0.468 e. The van der Waals surface area contributed by atoms with Crippen molar-refractivity contribution in [3.63, 3.8) is 0 Å². The van der Waals surface area contributed by atoms with Gasteiger partial charge in [-0.3, -0.25) is 15.0 Å². The summed E-state index contributed by atoms with van der Waals surface area (Å²) in [4.78, 5) is 14.3. The van der Waals surface area contributed by atoms with Crippen LogP contribution in [0.15, 0.2) is 0 Å². The number of nitrogens with one attached hydrogen (secondary N) is 1. The normalized spacial score (nSPS) is 26.7. The van der Waals surface area contributed by atoms with E-state index in [4.69, 9.17) is 9.47 Å². The van der Waals surface area contributed by atoms with E-state index in [1.807, 2.05) is 27.8 Å². The van der Waals surface area contributed by atoms with Crippen LogP contribution < -0.4 is 5.32 Å². The second-order valence-corrected chi connectivity index (χ2v) is 5.97. The molecule has 5 nitrogen and oxygen atoms in total. The number of hydrogen-bond donors (Lipinski definition) is 1. The van der Waals surface area contributed by atoms with Crippen LogP contribution in [0, 0.1) is 0 Å². The van der Waals surface area contributed by atoms with Crippen molar-refractivity contribution in [2.24, 2.45) is 0 Å². The summed E-state index contributed by atoms with van der Waals surface area (Å²) in [5.41, 5.74) is -0.694. The van der Waals surface area contributed by atoms with Crippen molar-refractivity contribution >= 4 is 5.97 Å². The van der Waals surface area contributed by atoms with Gasteiger partial charge in [-0.2, -0.15) is 0 Å². The van der Waals surface area contributed by atoms with Gasteiger partial charge in [-0.05, 0) is 41.2 Å². The molecule has 3 atom stereocenters. The summed E-state index contributed by atoms with van der Waals surface area (Å²) in [6.45, 7) is 9.44. The van der Waals surface area contributed by atoms with Crippen molar-refractivity contribution in [1.82, 2.24) is 10.2 Å². The van der Waals surface area contributed by atoms with E-state index in [-0.39, 0.29) is 18.1 Å². The number of nitrogens with zero attached hydrogens (tertiary/aromatic N) is 1. The lowest BCUT2D eigenvalue weighted by Crippen LogP contribution is -2.60. The predicted octanol–water partition coefficient (Wildman–Crippen LogP) is 1.03. The number of carbonyl (C=O) groups is 1. The van der Waals surface area contributed by atoms with Crippen LogP contribution in [-0.4, -0.2) is 61.9 Å². The summed E-state index contributed by atoms with van der Waals surface area (Å²) in [5.74, 6) is -0.223. The minimum absolute atomic E-state index is 0.214. The molecule has 0 aromatic heterocycles. The van der Waals surface area contributed by atoms with Crippen LogP contribution in [0.5, 0.6) is 0 Å². The first-order valence-electron chi connectivity index (χ1n) is 6.98. The number of carbonyl (C=O) groups excluding carboxylic acids is 1. The molecule has 0 radical (unpaired) electrons. The van der Waals surface area contributed by atoms with Crippen molar-refractivity contribution in [3.05, 3.63) is 0 Å². The number of methoxy groups -OCH3 is 1. The zero-order chi connectivity index (χ0) is 14.6. The number of likely N-dealkylation sites (N-methyl/N-ethyl adjacent to an activating group) is 1. The molecular weight excluding hydrogens is 244 g/mol. The van der Waals surface area contributed by atoms with Crippen LogP contribution in [0.4, 0.5) is 0 Å². The average Bonchev–Trinajstić information content (AvgIpc) is 2.73. The second kappa shape index (κ2) is 6.68. The molecule has 1 saturated heterocycles. The number of hydrogen-bond acceptors (Lipinski definition) is 5. The monoisotopic (exact) mass is 272 g/mol. The summed E-state index contributed by atoms with van der Waals surface area (Å²) in [6, 6.07) is 0.577. The highest BCUT2D eigenvalue weighted by molar-refractivity contribution is 5.80. The zero-order valence-electron chi connectivity index (χ0n) is 13.0. The Morgan fingerprint density at radius 3 is 2.63 bits per heavy atom. The minimum Gasteiger partial charge on any atom is -0.468 e. The standard InChI is InChI=1S/C14H28N2O3/c1-10(2)15-14(4,13(17)18-6)9-16(5)12-7-8-19-11(12)3/h10-12,15H,7-9H2,1-6H3. The maximum atomic E-state index is 12.1. The Labute approximate surface area is 116 Å². The number of rotatable bonds is 6. The topological polar surface area (TPSA) is 50.8 Å². The van der Waals surface area contributed by atoms with Crippen LogP contribution in [0.1, 0.15) is 34.1 Å². The van der Waals surface area contributed by atoms with Crippen LogP contribution >= 0.6 is 0 Å². The van der Waals surface area contributed by atoms with Gasteiger partial charge in [0.15, 0.2) is 0 Å². The Morgan fingerprint density at radius 2 is 2.21 bits per heavy atom. The highest BCUT2D eigenvalue weighted by Crippen LogP contribution is 2.21. The van der Waals surface area contributed by atoms with E-state index in [9.17, 15) is 4.79 Å². The van der Waals surface area contributed by atoms with Gasteiger partial charge in [0.25, 0.3) is 0 Å². The summed E-state index contributed by atoms with van der Waals surface area (Å²) in [5, 5.41) is 3.32. The molecule has 1 aliphatic heterocycles. The van der Waals surface area contributed by atoms with Gasteiger partial charge in [-0.15, -0.1) is 0 Å². The van der Waals surface area contributed by atoms with Gasteiger partial charge >= 0.3 is 5.97 Å². The maximum absolute atomic E-state index is 12.1. The quantitative estimate of drug-likeness (QED) is 0.732. The van der Waals surface area contributed by atoms with E-state index in [0.717, 1.165) is 13.0 Å². The molecule has 112 valence electrons. The molecule has 1 heterocycles. The van der Waals surface area contributed by atoms with Gasteiger partial charge < -0.3 is 9.47 Å². The van der Waals surface area contributed by atoms with Gasteiger partial charge in [-0.25, -0.2) is 0 Å². The zero-order valence-corrected chi connectivity index (χ0v) is 13.0. The fraction of sp³-hybridized carbons (Fsp3) is 0.929. The fourth-order valence-electron chi connectivity index (χ4n) is 2.95. The summed E-state index contributed by atoms with van der Waals surface area (Å²) < 4.78 is 10.5. The van der Waals surface area contributed by atoms with Gasteiger partial charge in [0, 0.05) is 25.2 Å². The Kier molecular flexibility index (Phi) is 5.77. The molecule has 1 aliphatic rings. The molecule has 1 N–H and O–H groups in total. The van der Waals surface area contributed by atoms with Crippen molar-refractivity contribution < 1.29 is 14.3 Å². The van der Waals surface area contributed by atoms with Crippen molar-refractivity contribution in [1.29, 1.82) is 0 Å². The molecule has 0 saturated carbocycles. The third kappa shape index (κ3) is 4.16. The Hall–Kier alpha value is -0.650. The van der Waals surface area contributed by atoms with Crippen LogP contribution in [0.25, 0.3) is 0 Å². The molecule has 1 rings (SSSR count). The molecule has 0 aromatic carbocycles. The Balaban J connectivity index is 2.73. The van der Waals surface area contributed by atoms with Gasteiger partial charge in [0.05, 0.1) is 13.2 Å². The first-order chi connectivity index (χ1) is 8.80. The lowest BCUT2D eigenvalue weighted by atomic mass is 9.98. The van der Waals surface area contributed by atoms with E-state index in [0.29, 0.717) is 12.6 Å². The van der Waals surface area contributed by atoms with E-state index in [1.54, 1.807) is 0 Å². The van der Waals surface area contributed by atoms with E-state index >= 15 is 0 Å². The molecule has 0 amide bonds. The van der Waals surface area contributed by atoms with Gasteiger partial charge in [0.2, 0.25) is 0 Å². The summed E-state index contributed by atoms with van der Waals surface area (Å²) >= 11 is 0.